The van der Waals surface area contributed by atoms with Gasteiger partial charge in [-0.05, 0) is 125 Å². The van der Waals surface area contributed by atoms with Crippen LogP contribution in [-0.4, -0.2) is 9.55 Å². The van der Waals surface area contributed by atoms with E-state index in [4.69, 9.17) is 4.98 Å². The lowest BCUT2D eigenvalue weighted by Crippen LogP contribution is -2.26. The van der Waals surface area contributed by atoms with Gasteiger partial charge in [0.2, 0.25) is 0 Å². The van der Waals surface area contributed by atoms with Crippen LogP contribution in [0.1, 0.15) is 41.4 Å². The topological polar surface area (TPSA) is 17.8 Å². The van der Waals surface area contributed by atoms with Crippen molar-refractivity contribution in [1.29, 1.82) is 0 Å². The number of rotatable bonds is 4. The van der Waals surface area contributed by atoms with Gasteiger partial charge < -0.3 is 0 Å². The summed E-state index contributed by atoms with van der Waals surface area (Å²) in [5.41, 5.74) is 16.1. The van der Waals surface area contributed by atoms with Gasteiger partial charge in [-0.2, -0.15) is 0 Å². The molecule has 0 saturated heterocycles. The third-order valence-electron chi connectivity index (χ3n) is 12.5. The standard InChI is InChI=1S/C53H36N2/c1-2-16-49-54-47-29-13-14-30-48(47)55(49)34-18-15-17-33(31-34)43-32-46-50(40-24-6-4-21-37(40)43)51-41-25-7-3-19-35(41)36-20-5-8-26-42(36)52(51)53(46)44-27-11-9-22-38(44)39-23-10-12-28-45(39)53/h3-15,17-32H,2,16H2,1H3. The van der Waals surface area contributed by atoms with Crippen molar-refractivity contribution in [2.24, 2.45) is 0 Å². The summed E-state index contributed by atoms with van der Waals surface area (Å²) in [7, 11) is 0. The number of hydrogen-bond donors (Lipinski definition) is 0. The van der Waals surface area contributed by atoms with Crippen molar-refractivity contribution in [3.05, 3.63) is 204 Å². The minimum atomic E-state index is -0.507. The number of benzene rings is 9. The second kappa shape index (κ2) is 11.4. The third kappa shape index (κ3) is 3.96. The Bertz CT molecular complexity index is 3190. The molecule has 2 heteroatoms. The molecule has 0 unspecified atom stereocenters. The summed E-state index contributed by atoms with van der Waals surface area (Å²) < 4.78 is 2.37. The average molecular weight is 701 g/mol. The molecule has 0 bridgehead atoms. The third-order valence-corrected chi connectivity index (χ3v) is 12.5. The summed E-state index contributed by atoms with van der Waals surface area (Å²) in [4.78, 5) is 5.10. The molecule has 0 fully saturated rings. The van der Waals surface area contributed by atoms with E-state index in [0.717, 1.165) is 35.4 Å². The highest BCUT2D eigenvalue weighted by Gasteiger charge is 2.53. The van der Waals surface area contributed by atoms with Gasteiger partial charge in [-0.3, -0.25) is 4.57 Å². The first-order chi connectivity index (χ1) is 27.3. The lowest BCUT2D eigenvalue weighted by molar-refractivity contribution is 0.803. The van der Waals surface area contributed by atoms with Gasteiger partial charge in [0.25, 0.3) is 0 Å². The number of para-hydroxylation sites is 2. The molecule has 12 rings (SSSR count). The summed E-state index contributed by atoms with van der Waals surface area (Å²) in [5.74, 6) is 1.10. The predicted octanol–water partition coefficient (Wildman–Crippen LogP) is 13.4. The molecule has 0 saturated carbocycles. The van der Waals surface area contributed by atoms with E-state index in [-0.39, 0.29) is 0 Å². The summed E-state index contributed by atoms with van der Waals surface area (Å²) >= 11 is 0. The Morgan fingerprint density at radius 2 is 1.05 bits per heavy atom. The minimum absolute atomic E-state index is 0.507. The smallest absolute Gasteiger partial charge is 0.114 e. The van der Waals surface area contributed by atoms with Crippen molar-refractivity contribution in [3.63, 3.8) is 0 Å². The molecular formula is C53H36N2. The summed E-state index contributed by atoms with van der Waals surface area (Å²) in [6.45, 7) is 2.23. The molecule has 1 spiro atoms. The zero-order valence-electron chi connectivity index (χ0n) is 30.6. The first kappa shape index (κ1) is 30.7. The minimum Gasteiger partial charge on any atom is -0.296 e. The van der Waals surface area contributed by atoms with Gasteiger partial charge in [-0.1, -0.05) is 153 Å². The van der Waals surface area contributed by atoms with Crippen LogP contribution < -0.4 is 0 Å². The van der Waals surface area contributed by atoms with Crippen LogP contribution in [0, 0.1) is 0 Å². The quantitative estimate of drug-likeness (QED) is 0.167. The summed E-state index contributed by atoms with van der Waals surface area (Å²) in [6, 6.07) is 65.9. The maximum absolute atomic E-state index is 5.10. The maximum Gasteiger partial charge on any atom is 0.114 e. The van der Waals surface area contributed by atoms with Crippen molar-refractivity contribution in [1.82, 2.24) is 9.55 Å². The van der Waals surface area contributed by atoms with Crippen LogP contribution in [0.3, 0.4) is 0 Å². The molecule has 55 heavy (non-hydrogen) atoms. The van der Waals surface area contributed by atoms with E-state index in [2.05, 4.69) is 187 Å². The number of aryl methyl sites for hydroxylation is 1. The zero-order valence-corrected chi connectivity index (χ0v) is 30.6. The molecule has 10 aromatic rings. The van der Waals surface area contributed by atoms with Crippen LogP contribution in [0.25, 0.3) is 82.4 Å². The lowest BCUT2D eigenvalue weighted by atomic mass is 9.68. The van der Waals surface area contributed by atoms with Crippen LogP contribution in [-0.2, 0) is 11.8 Å². The Morgan fingerprint density at radius 1 is 0.473 bits per heavy atom. The van der Waals surface area contributed by atoms with Crippen LogP contribution in [0.15, 0.2) is 176 Å². The number of nitrogens with zero attached hydrogens (tertiary/aromatic N) is 2. The predicted molar refractivity (Wildman–Crippen MR) is 229 cm³/mol. The number of aromatic nitrogens is 2. The van der Waals surface area contributed by atoms with E-state index < -0.39 is 5.41 Å². The molecular weight excluding hydrogens is 665 g/mol. The molecule has 0 aliphatic heterocycles. The molecule has 0 N–H and O–H groups in total. The van der Waals surface area contributed by atoms with E-state index in [1.54, 1.807) is 0 Å². The van der Waals surface area contributed by atoms with E-state index in [1.165, 1.54) is 88.0 Å². The van der Waals surface area contributed by atoms with Crippen molar-refractivity contribution in [2.45, 2.75) is 25.2 Å². The largest absolute Gasteiger partial charge is 0.296 e. The number of imidazole rings is 1. The van der Waals surface area contributed by atoms with Gasteiger partial charge in [-0.15, -0.1) is 0 Å². The fourth-order valence-corrected chi connectivity index (χ4v) is 10.5. The molecule has 2 aliphatic carbocycles. The highest BCUT2D eigenvalue weighted by atomic mass is 15.1. The Balaban J connectivity index is 1.25. The molecule has 1 aromatic heterocycles. The highest BCUT2D eigenvalue weighted by molar-refractivity contribution is 6.24. The van der Waals surface area contributed by atoms with Crippen LogP contribution in [0.2, 0.25) is 0 Å². The van der Waals surface area contributed by atoms with E-state index in [1.807, 2.05) is 0 Å². The highest BCUT2D eigenvalue weighted by Crippen LogP contribution is 2.67. The van der Waals surface area contributed by atoms with Crippen LogP contribution >= 0.6 is 0 Å². The monoisotopic (exact) mass is 700 g/mol. The van der Waals surface area contributed by atoms with Gasteiger partial charge in [0, 0.05) is 12.1 Å². The van der Waals surface area contributed by atoms with Gasteiger partial charge in [-0.25, -0.2) is 4.98 Å². The van der Waals surface area contributed by atoms with Crippen LogP contribution in [0.5, 0.6) is 0 Å². The van der Waals surface area contributed by atoms with E-state index in [0.29, 0.717) is 0 Å². The Hall–Kier alpha value is -6.77. The second-order valence-corrected chi connectivity index (χ2v) is 15.2. The van der Waals surface area contributed by atoms with E-state index >= 15 is 0 Å². The van der Waals surface area contributed by atoms with Gasteiger partial charge in [0.15, 0.2) is 0 Å². The Morgan fingerprint density at radius 3 is 1.78 bits per heavy atom. The molecule has 258 valence electrons. The van der Waals surface area contributed by atoms with Crippen LogP contribution in [0.4, 0.5) is 0 Å². The van der Waals surface area contributed by atoms with Crippen molar-refractivity contribution >= 4 is 43.4 Å². The van der Waals surface area contributed by atoms with Crippen molar-refractivity contribution in [3.8, 4) is 39.1 Å². The average Bonchev–Trinajstić information content (AvgIpc) is 3.88. The van der Waals surface area contributed by atoms with Crippen molar-refractivity contribution in [2.75, 3.05) is 0 Å². The second-order valence-electron chi connectivity index (χ2n) is 15.2. The number of hydrogen-bond acceptors (Lipinski definition) is 1. The fraction of sp³-hybridized carbons (Fsp3) is 0.0755. The molecule has 9 aromatic carbocycles. The molecule has 1 heterocycles. The Kier molecular flexibility index (Phi) is 6.34. The fourth-order valence-electron chi connectivity index (χ4n) is 10.5. The SMILES string of the molecule is CCCc1nc2ccccc2n1-c1cccc(-c2cc3c(c4ccccc24)-c2c(c4ccccc4c4ccccc24)C32c3ccccc3-c3ccccc32)c1. The van der Waals surface area contributed by atoms with Gasteiger partial charge in [0.05, 0.1) is 16.4 Å². The molecule has 2 nitrogen and oxygen atoms in total. The summed E-state index contributed by atoms with van der Waals surface area (Å²) in [6.07, 6.45) is 1.95. The molecule has 2 aliphatic rings. The Labute approximate surface area is 320 Å². The normalized spacial score (nSPS) is 13.5. The first-order valence-electron chi connectivity index (χ1n) is 19.5. The molecule has 0 radical (unpaired) electrons. The van der Waals surface area contributed by atoms with Crippen molar-refractivity contribution < 1.29 is 0 Å². The molecule has 0 amide bonds. The molecule has 0 atom stereocenters. The number of fused-ring (bicyclic) bond motifs is 18. The zero-order chi connectivity index (χ0) is 36.3. The first-order valence-corrected chi connectivity index (χ1v) is 19.5. The van der Waals surface area contributed by atoms with E-state index in [9.17, 15) is 0 Å². The summed E-state index contributed by atoms with van der Waals surface area (Å²) in [5, 5.41) is 7.80. The van der Waals surface area contributed by atoms with Gasteiger partial charge >= 0.3 is 0 Å². The van der Waals surface area contributed by atoms with Gasteiger partial charge in [0.1, 0.15) is 5.82 Å². The lowest BCUT2D eigenvalue weighted by Gasteiger charge is -2.32. The maximum atomic E-state index is 5.10.